The second-order valence-electron chi connectivity index (χ2n) is 5.32. The lowest BCUT2D eigenvalue weighted by Gasteiger charge is -2.31. The Morgan fingerprint density at radius 1 is 1.11 bits per heavy atom. The first-order valence-corrected chi connectivity index (χ1v) is 7.26. The summed E-state index contributed by atoms with van der Waals surface area (Å²) in [5.74, 6) is 0.256. The van der Waals surface area contributed by atoms with E-state index in [0.717, 1.165) is 19.3 Å². The van der Waals surface area contributed by atoms with E-state index in [1.165, 1.54) is 23.9 Å². The van der Waals surface area contributed by atoms with Crippen molar-refractivity contribution in [2.45, 2.75) is 43.3 Å². The summed E-state index contributed by atoms with van der Waals surface area (Å²) in [6, 6.07) is 2.39. The molecular weight excluding hydrogens is 252 g/mol. The van der Waals surface area contributed by atoms with Gasteiger partial charge >= 0.3 is 0 Å². The zero-order valence-corrected chi connectivity index (χ0v) is 11.6. The fraction of sp³-hybridized carbons (Fsp3) is 0.571. The van der Waals surface area contributed by atoms with Crippen molar-refractivity contribution in [1.29, 1.82) is 0 Å². The second-order valence-corrected chi connectivity index (χ2v) is 6.63. The molecule has 2 N–H and O–H groups in total. The van der Waals surface area contributed by atoms with Gasteiger partial charge in [-0.1, -0.05) is 13.8 Å². The molecular formula is C14H19F2NS. The van der Waals surface area contributed by atoms with Gasteiger partial charge in [0, 0.05) is 10.9 Å². The van der Waals surface area contributed by atoms with Crippen LogP contribution in [-0.2, 0) is 0 Å². The Labute approximate surface area is 111 Å². The number of hydrogen-bond donors (Lipinski definition) is 1. The van der Waals surface area contributed by atoms with Gasteiger partial charge in [-0.05, 0) is 43.2 Å². The number of halogens is 2. The van der Waals surface area contributed by atoms with Crippen LogP contribution < -0.4 is 5.73 Å². The molecule has 0 heterocycles. The first kappa shape index (κ1) is 13.7. The summed E-state index contributed by atoms with van der Waals surface area (Å²) in [5, 5.41) is 0.309. The largest absolute Gasteiger partial charge is 0.399 e. The van der Waals surface area contributed by atoms with Crippen LogP contribution in [0.25, 0.3) is 0 Å². The van der Waals surface area contributed by atoms with Crippen molar-refractivity contribution in [3.05, 3.63) is 23.8 Å². The van der Waals surface area contributed by atoms with Crippen LogP contribution in [0, 0.1) is 23.5 Å². The van der Waals surface area contributed by atoms with Crippen molar-refractivity contribution in [3.8, 4) is 0 Å². The number of benzene rings is 1. The molecule has 0 radical (unpaired) electrons. The number of nitrogens with two attached hydrogens (primary N) is 1. The number of thioether (sulfide) groups is 1. The Kier molecular flexibility index (Phi) is 4.15. The lowest BCUT2D eigenvalue weighted by molar-refractivity contribution is 0.283. The number of anilines is 1. The first-order valence-electron chi connectivity index (χ1n) is 6.38. The summed E-state index contributed by atoms with van der Waals surface area (Å²) in [6.07, 6.45) is 3.19. The highest BCUT2D eigenvalue weighted by Gasteiger charge is 2.26. The summed E-state index contributed by atoms with van der Waals surface area (Å²) < 4.78 is 27.4. The molecule has 18 heavy (non-hydrogen) atoms. The molecule has 0 spiro atoms. The highest BCUT2D eigenvalue weighted by Crippen LogP contribution is 2.40. The normalized spacial score (nSPS) is 28.3. The van der Waals surface area contributed by atoms with Crippen molar-refractivity contribution in [3.63, 3.8) is 0 Å². The third-order valence-corrected chi connectivity index (χ3v) is 5.24. The molecule has 1 saturated carbocycles. The van der Waals surface area contributed by atoms with Crippen LogP contribution >= 0.6 is 11.8 Å². The van der Waals surface area contributed by atoms with Crippen molar-refractivity contribution in [2.75, 3.05) is 5.73 Å². The van der Waals surface area contributed by atoms with Crippen LogP contribution in [0.4, 0.5) is 14.5 Å². The topological polar surface area (TPSA) is 26.0 Å². The number of rotatable bonds is 2. The monoisotopic (exact) mass is 271 g/mol. The van der Waals surface area contributed by atoms with E-state index in [1.807, 2.05) is 0 Å². The number of nitrogen functional groups attached to an aromatic ring is 1. The summed E-state index contributed by atoms with van der Waals surface area (Å²) in [4.78, 5) is 0.121. The van der Waals surface area contributed by atoms with E-state index < -0.39 is 11.6 Å². The maximum Gasteiger partial charge on any atom is 0.141 e. The molecule has 1 aliphatic carbocycles. The fourth-order valence-corrected chi connectivity index (χ4v) is 3.79. The average molecular weight is 271 g/mol. The van der Waals surface area contributed by atoms with Crippen molar-refractivity contribution in [1.82, 2.24) is 0 Å². The van der Waals surface area contributed by atoms with E-state index in [1.54, 1.807) is 0 Å². The molecule has 2 rings (SSSR count). The fourth-order valence-electron chi connectivity index (χ4n) is 2.46. The van der Waals surface area contributed by atoms with Gasteiger partial charge in [-0.3, -0.25) is 0 Å². The zero-order chi connectivity index (χ0) is 13.3. The SMILES string of the molecule is CC1CCC(Sc2c(F)cc(N)cc2F)CC1C. The molecule has 1 aromatic rings. The van der Waals surface area contributed by atoms with E-state index in [9.17, 15) is 8.78 Å². The zero-order valence-electron chi connectivity index (χ0n) is 10.7. The minimum Gasteiger partial charge on any atom is -0.399 e. The minimum atomic E-state index is -0.538. The van der Waals surface area contributed by atoms with E-state index in [-0.39, 0.29) is 10.6 Å². The highest BCUT2D eigenvalue weighted by atomic mass is 32.2. The van der Waals surface area contributed by atoms with Crippen molar-refractivity contribution < 1.29 is 8.78 Å². The second kappa shape index (κ2) is 5.47. The predicted octanol–water partition coefficient (Wildman–Crippen LogP) is 4.46. The van der Waals surface area contributed by atoms with Crippen LogP contribution in [0.3, 0.4) is 0 Å². The molecule has 0 aromatic heterocycles. The van der Waals surface area contributed by atoms with E-state index >= 15 is 0 Å². The lowest BCUT2D eigenvalue weighted by atomic mass is 9.81. The molecule has 3 unspecified atom stereocenters. The van der Waals surface area contributed by atoms with Gasteiger partial charge in [-0.25, -0.2) is 8.78 Å². The lowest BCUT2D eigenvalue weighted by Crippen LogP contribution is -2.22. The van der Waals surface area contributed by atoms with Gasteiger partial charge in [-0.2, -0.15) is 0 Å². The Morgan fingerprint density at radius 3 is 2.28 bits per heavy atom. The van der Waals surface area contributed by atoms with E-state index in [0.29, 0.717) is 17.1 Å². The van der Waals surface area contributed by atoms with Crippen LogP contribution in [0.1, 0.15) is 33.1 Å². The Hall–Kier alpha value is -0.770. The predicted molar refractivity (Wildman–Crippen MR) is 72.6 cm³/mol. The van der Waals surface area contributed by atoms with Gasteiger partial charge in [-0.15, -0.1) is 11.8 Å². The van der Waals surface area contributed by atoms with Crippen LogP contribution in [0.2, 0.25) is 0 Å². The van der Waals surface area contributed by atoms with Crippen molar-refractivity contribution in [2.24, 2.45) is 11.8 Å². The molecule has 100 valence electrons. The van der Waals surface area contributed by atoms with Gasteiger partial charge in [0.25, 0.3) is 0 Å². The molecule has 1 aliphatic rings. The molecule has 1 aromatic carbocycles. The summed E-state index contributed by atoms with van der Waals surface area (Å²) in [7, 11) is 0. The quantitative estimate of drug-likeness (QED) is 0.803. The Bertz CT molecular complexity index is 413. The van der Waals surface area contributed by atoms with Gasteiger partial charge in [0.15, 0.2) is 0 Å². The standard InChI is InChI=1S/C14H19F2NS/c1-8-3-4-11(5-9(8)2)18-14-12(15)6-10(17)7-13(14)16/h6-9,11H,3-5,17H2,1-2H3. The average Bonchev–Trinajstić information content (AvgIpc) is 2.28. The van der Waals surface area contributed by atoms with Crippen LogP contribution in [-0.4, -0.2) is 5.25 Å². The molecule has 0 saturated heterocycles. The molecule has 3 atom stereocenters. The van der Waals surface area contributed by atoms with Gasteiger partial charge in [0.1, 0.15) is 11.6 Å². The maximum absolute atomic E-state index is 13.7. The summed E-state index contributed by atoms with van der Waals surface area (Å²) in [6.45, 7) is 4.46. The van der Waals surface area contributed by atoms with Crippen LogP contribution in [0.15, 0.2) is 17.0 Å². The van der Waals surface area contributed by atoms with Crippen molar-refractivity contribution >= 4 is 17.4 Å². The molecule has 0 bridgehead atoms. The molecule has 1 nitrogen and oxygen atoms in total. The minimum absolute atomic E-state index is 0.121. The summed E-state index contributed by atoms with van der Waals surface area (Å²) >= 11 is 1.33. The van der Waals surface area contributed by atoms with E-state index in [4.69, 9.17) is 5.73 Å². The number of hydrogen-bond acceptors (Lipinski definition) is 2. The molecule has 0 aliphatic heterocycles. The highest BCUT2D eigenvalue weighted by molar-refractivity contribution is 8.00. The maximum atomic E-state index is 13.7. The Balaban J connectivity index is 2.10. The third kappa shape index (κ3) is 2.97. The van der Waals surface area contributed by atoms with E-state index in [2.05, 4.69) is 13.8 Å². The van der Waals surface area contributed by atoms with Gasteiger partial charge in [0.2, 0.25) is 0 Å². The third-order valence-electron chi connectivity index (χ3n) is 3.86. The van der Waals surface area contributed by atoms with Crippen LogP contribution in [0.5, 0.6) is 0 Å². The Morgan fingerprint density at radius 2 is 1.72 bits per heavy atom. The molecule has 1 fully saturated rings. The van der Waals surface area contributed by atoms with Gasteiger partial charge < -0.3 is 5.73 Å². The van der Waals surface area contributed by atoms with Gasteiger partial charge in [0.05, 0.1) is 4.90 Å². The summed E-state index contributed by atoms with van der Waals surface area (Å²) in [5.41, 5.74) is 5.55. The first-order chi connectivity index (χ1) is 8.47. The molecule has 0 amide bonds. The molecule has 4 heteroatoms. The smallest absolute Gasteiger partial charge is 0.141 e.